The maximum Gasteiger partial charge on any atom is 0.237 e. The summed E-state index contributed by atoms with van der Waals surface area (Å²) in [6, 6.07) is 6.98. The highest BCUT2D eigenvalue weighted by Crippen LogP contribution is 2.47. The first kappa shape index (κ1) is 19.1. The van der Waals surface area contributed by atoms with E-state index in [2.05, 4.69) is 10.1 Å². The van der Waals surface area contributed by atoms with E-state index in [-0.39, 0.29) is 11.9 Å². The van der Waals surface area contributed by atoms with E-state index in [1.807, 2.05) is 24.7 Å². The Balaban J connectivity index is 2.11. The van der Waals surface area contributed by atoms with Crippen LogP contribution >= 0.6 is 0 Å². The first-order valence-corrected chi connectivity index (χ1v) is 8.89. The number of guanidine groups is 1. The van der Waals surface area contributed by atoms with Gasteiger partial charge in [0.2, 0.25) is 5.91 Å². The Morgan fingerprint density at radius 2 is 1.85 bits per heavy atom. The summed E-state index contributed by atoms with van der Waals surface area (Å²) in [6.07, 6.45) is 0.605. The highest BCUT2D eigenvalue weighted by Gasteiger charge is 2.53. The summed E-state index contributed by atoms with van der Waals surface area (Å²) in [7, 11) is 3.47. The van der Waals surface area contributed by atoms with Crippen molar-refractivity contribution in [3.05, 3.63) is 52.6 Å². The van der Waals surface area contributed by atoms with Crippen LogP contribution in [0.2, 0.25) is 0 Å². The number of carbonyl (C=O) groups excluding carboxylic acids is 1. The van der Waals surface area contributed by atoms with Crippen LogP contribution < -0.4 is 5.73 Å². The monoisotopic (exact) mass is 371 g/mol. The molecule has 1 aromatic heterocycles. The maximum atomic E-state index is 14.9. The van der Waals surface area contributed by atoms with Crippen molar-refractivity contribution in [3.63, 3.8) is 0 Å². The number of nitrogens with two attached hydrogens (primary N) is 1. The fraction of sp³-hybridized carbons (Fsp3) is 0.450. The van der Waals surface area contributed by atoms with Crippen LogP contribution in [0.3, 0.4) is 0 Å². The molecule has 144 valence electrons. The Morgan fingerprint density at radius 1 is 1.19 bits per heavy atom. The second-order valence-corrected chi connectivity index (χ2v) is 7.92. The summed E-state index contributed by atoms with van der Waals surface area (Å²) < 4.78 is 16.7. The van der Waals surface area contributed by atoms with E-state index in [0.717, 1.165) is 17.0 Å². The molecule has 2 heterocycles. The van der Waals surface area contributed by atoms with Crippen molar-refractivity contribution in [1.82, 2.24) is 14.7 Å². The van der Waals surface area contributed by atoms with E-state index in [9.17, 15) is 9.18 Å². The Morgan fingerprint density at radius 3 is 2.44 bits per heavy atom. The van der Waals surface area contributed by atoms with Crippen molar-refractivity contribution in [2.45, 2.75) is 39.7 Å². The molecule has 6 nitrogen and oxygen atoms in total. The third-order valence-corrected chi connectivity index (χ3v) is 5.78. The summed E-state index contributed by atoms with van der Waals surface area (Å²) in [5.74, 6) is -0.497. The minimum atomic E-state index is -1.11. The molecule has 7 heteroatoms. The van der Waals surface area contributed by atoms with Crippen LogP contribution in [0.4, 0.5) is 4.39 Å². The number of carbonyl (C=O) groups is 1. The van der Waals surface area contributed by atoms with Crippen LogP contribution in [-0.2, 0) is 23.8 Å². The van der Waals surface area contributed by atoms with Gasteiger partial charge in [0.05, 0.1) is 11.1 Å². The van der Waals surface area contributed by atoms with Gasteiger partial charge in [-0.1, -0.05) is 12.1 Å². The predicted octanol–water partition coefficient (Wildman–Crippen LogP) is 2.49. The molecular weight excluding hydrogens is 345 g/mol. The molecule has 1 aliphatic heterocycles. The largest absolute Gasteiger partial charge is 0.369 e. The molecular formula is C20H26FN5O. The zero-order valence-electron chi connectivity index (χ0n) is 16.7. The number of rotatable bonds is 3. The van der Waals surface area contributed by atoms with Crippen LogP contribution in [0.25, 0.3) is 0 Å². The first-order valence-electron chi connectivity index (χ1n) is 8.89. The van der Waals surface area contributed by atoms with E-state index in [1.165, 1.54) is 11.0 Å². The number of benzene rings is 1. The number of aryl methyl sites for hydroxylation is 2. The molecule has 0 saturated carbocycles. The minimum absolute atomic E-state index is 0.0916. The maximum absolute atomic E-state index is 14.9. The lowest BCUT2D eigenvalue weighted by atomic mass is 9.67. The number of halogens is 1. The molecule has 0 unspecified atom stereocenters. The van der Waals surface area contributed by atoms with E-state index < -0.39 is 16.8 Å². The lowest BCUT2D eigenvalue weighted by molar-refractivity contribution is -0.140. The smallest absolute Gasteiger partial charge is 0.237 e. The van der Waals surface area contributed by atoms with Gasteiger partial charge in [0.25, 0.3) is 0 Å². The van der Waals surface area contributed by atoms with Gasteiger partial charge in [-0.15, -0.1) is 0 Å². The number of aromatic nitrogens is 2. The molecule has 3 rings (SSSR count). The van der Waals surface area contributed by atoms with Gasteiger partial charge in [0, 0.05) is 31.8 Å². The fourth-order valence-corrected chi connectivity index (χ4v) is 3.67. The van der Waals surface area contributed by atoms with Crippen LogP contribution in [0.15, 0.2) is 29.3 Å². The van der Waals surface area contributed by atoms with Crippen LogP contribution in [0.5, 0.6) is 0 Å². The van der Waals surface area contributed by atoms with Crippen molar-refractivity contribution in [3.8, 4) is 0 Å². The second kappa shape index (κ2) is 6.18. The van der Waals surface area contributed by atoms with E-state index >= 15 is 0 Å². The Kier molecular flexibility index (Phi) is 4.37. The zero-order valence-corrected chi connectivity index (χ0v) is 16.7. The first-order chi connectivity index (χ1) is 12.5. The van der Waals surface area contributed by atoms with Crippen LogP contribution in [-0.4, -0.2) is 33.6 Å². The summed E-state index contributed by atoms with van der Waals surface area (Å²) >= 11 is 0. The van der Waals surface area contributed by atoms with Crippen LogP contribution in [0, 0.1) is 18.2 Å². The molecule has 2 N–H and O–H groups in total. The fourth-order valence-electron chi connectivity index (χ4n) is 3.67. The minimum Gasteiger partial charge on any atom is -0.369 e. The molecule has 1 aliphatic rings. The Hall–Kier alpha value is -2.70. The molecule has 27 heavy (non-hydrogen) atoms. The van der Waals surface area contributed by atoms with Gasteiger partial charge in [0.15, 0.2) is 5.96 Å². The van der Waals surface area contributed by atoms with Gasteiger partial charge in [-0.2, -0.15) is 5.10 Å². The number of hydrogen-bond acceptors (Lipinski definition) is 4. The molecule has 1 atom stereocenters. The normalized spacial score (nSPS) is 22.1. The molecule has 0 fully saturated rings. The molecule has 0 saturated heterocycles. The van der Waals surface area contributed by atoms with Gasteiger partial charge < -0.3 is 5.73 Å². The Labute approximate surface area is 158 Å². The molecule has 0 aliphatic carbocycles. The topological polar surface area (TPSA) is 76.5 Å². The number of hydrogen-bond donors (Lipinski definition) is 1. The molecule has 0 bridgehead atoms. The van der Waals surface area contributed by atoms with Crippen molar-refractivity contribution < 1.29 is 9.18 Å². The van der Waals surface area contributed by atoms with Gasteiger partial charge in [-0.3, -0.25) is 14.4 Å². The van der Waals surface area contributed by atoms with Crippen molar-refractivity contribution in [1.29, 1.82) is 0 Å². The summed E-state index contributed by atoms with van der Waals surface area (Å²) in [5.41, 5.74) is 7.15. The van der Waals surface area contributed by atoms with Gasteiger partial charge in [-0.25, -0.2) is 9.38 Å². The van der Waals surface area contributed by atoms with Crippen molar-refractivity contribution in [2.24, 2.45) is 23.2 Å². The second-order valence-electron chi connectivity index (χ2n) is 7.92. The summed E-state index contributed by atoms with van der Waals surface area (Å²) in [6.45, 7) is 7.25. The van der Waals surface area contributed by atoms with E-state index in [4.69, 9.17) is 5.73 Å². The third-order valence-electron chi connectivity index (χ3n) is 5.78. The van der Waals surface area contributed by atoms with Gasteiger partial charge >= 0.3 is 0 Å². The lowest BCUT2D eigenvalue weighted by Gasteiger charge is -2.46. The SMILES string of the molecule is Cc1cc(Cc2ccc(F)c([C@@]3(C)N=C(N)N(C)C(=O)C3(C)C)c2)n(C)n1. The number of amides is 1. The molecule has 2 aromatic rings. The summed E-state index contributed by atoms with van der Waals surface area (Å²) in [4.78, 5) is 18.7. The average molecular weight is 371 g/mol. The molecule has 0 radical (unpaired) electrons. The average Bonchev–Trinajstić information content (AvgIpc) is 2.90. The van der Waals surface area contributed by atoms with E-state index in [1.54, 1.807) is 40.0 Å². The number of aliphatic imine (C=N–C) groups is 1. The Bertz CT molecular complexity index is 946. The van der Waals surface area contributed by atoms with Gasteiger partial charge in [0.1, 0.15) is 11.4 Å². The van der Waals surface area contributed by atoms with Gasteiger partial charge in [-0.05, 0) is 45.4 Å². The number of nitrogens with zero attached hydrogens (tertiary/aromatic N) is 4. The third kappa shape index (κ3) is 2.91. The van der Waals surface area contributed by atoms with Crippen molar-refractivity contribution >= 4 is 11.9 Å². The zero-order chi connectivity index (χ0) is 20.1. The lowest BCUT2D eigenvalue weighted by Crippen LogP contribution is -2.58. The predicted molar refractivity (Wildman–Crippen MR) is 103 cm³/mol. The molecule has 1 aromatic carbocycles. The molecule has 0 spiro atoms. The highest BCUT2D eigenvalue weighted by atomic mass is 19.1. The van der Waals surface area contributed by atoms with Crippen molar-refractivity contribution in [2.75, 3.05) is 7.05 Å². The van der Waals surface area contributed by atoms with E-state index in [0.29, 0.717) is 12.0 Å². The molecule has 1 amide bonds. The standard InChI is InChI=1S/C20H26FN5O/c1-12-9-14(26(6)24-12)10-13-7-8-16(21)15(11-13)20(4)19(2,3)17(27)25(5)18(22)23-20/h7-9,11H,10H2,1-6H3,(H2,22,23)/t20-/m1/s1. The quantitative estimate of drug-likeness (QED) is 0.901. The van der Waals surface area contributed by atoms with Crippen LogP contribution in [0.1, 0.15) is 43.3 Å². The highest BCUT2D eigenvalue weighted by molar-refractivity contribution is 6.01. The summed E-state index contributed by atoms with van der Waals surface area (Å²) in [5, 5.41) is 4.36.